The van der Waals surface area contributed by atoms with Crippen LogP contribution in [0.5, 0.6) is 5.75 Å². The molecular formula is C25H27N3O4. The molecule has 0 spiro atoms. The largest absolute Gasteiger partial charge is 0.497 e. The first-order valence-corrected chi connectivity index (χ1v) is 10.3. The van der Waals surface area contributed by atoms with Gasteiger partial charge in [-0.25, -0.2) is 0 Å². The minimum absolute atomic E-state index is 0.109. The van der Waals surface area contributed by atoms with Gasteiger partial charge in [0, 0.05) is 37.5 Å². The SMILES string of the molecule is COc1ccc(C(=O)N/C(=C\c2ccco2)C(=O)NCCCN(C)c2ccccc2)cc1. The van der Waals surface area contributed by atoms with E-state index in [4.69, 9.17) is 9.15 Å². The number of anilines is 1. The maximum Gasteiger partial charge on any atom is 0.267 e. The Kier molecular flexibility index (Phi) is 8.09. The molecule has 0 unspecified atom stereocenters. The minimum Gasteiger partial charge on any atom is -0.497 e. The van der Waals surface area contributed by atoms with Crippen molar-refractivity contribution >= 4 is 23.6 Å². The molecule has 2 N–H and O–H groups in total. The number of nitrogens with zero attached hydrogens (tertiary/aromatic N) is 1. The fourth-order valence-corrected chi connectivity index (χ4v) is 3.04. The van der Waals surface area contributed by atoms with E-state index >= 15 is 0 Å². The van der Waals surface area contributed by atoms with E-state index in [1.54, 1.807) is 43.5 Å². The van der Waals surface area contributed by atoms with Gasteiger partial charge in [0.1, 0.15) is 17.2 Å². The molecule has 0 fully saturated rings. The average molecular weight is 434 g/mol. The standard InChI is InChI=1S/C25H27N3O4/c1-28(20-8-4-3-5-9-20)16-7-15-26-25(30)23(18-22-10-6-17-32-22)27-24(29)19-11-13-21(31-2)14-12-19/h3-6,8-14,17-18H,7,15-16H2,1-2H3,(H,26,30)(H,27,29)/b23-18-. The molecule has 0 saturated carbocycles. The predicted molar refractivity (Wildman–Crippen MR) is 124 cm³/mol. The van der Waals surface area contributed by atoms with Gasteiger partial charge in [0.15, 0.2) is 0 Å². The molecule has 0 saturated heterocycles. The zero-order valence-corrected chi connectivity index (χ0v) is 18.2. The number of methoxy groups -OCH3 is 1. The van der Waals surface area contributed by atoms with E-state index in [0.29, 0.717) is 23.6 Å². The molecule has 3 rings (SSSR count). The topological polar surface area (TPSA) is 83.8 Å². The molecule has 32 heavy (non-hydrogen) atoms. The molecule has 7 heteroatoms. The van der Waals surface area contributed by atoms with Crippen molar-refractivity contribution in [3.05, 3.63) is 90.0 Å². The van der Waals surface area contributed by atoms with Crippen molar-refractivity contribution in [3.63, 3.8) is 0 Å². The fraction of sp³-hybridized carbons (Fsp3) is 0.200. The molecular weight excluding hydrogens is 406 g/mol. The molecule has 1 aromatic heterocycles. The van der Waals surface area contributed by atoms with Crippen LogP contribution < -0.4 is 20.3 Å². The normalized spacial score (nSPS) is 11.0. The van der Waals surface area contributed by atoms with Crippen molar-refractivity contribution in [2.45, 2.75) is 6.42 Å². The Hall–Kier alpha value is -4.00. The number of para-hydroxylation sites is 1. The molecule has 166 valence electrons. The van der Waals surface area contributed by atoms with Gasteiger partial charge in [0.05, 0.1) is 13.4 Å². The van der Waals surface area contributed by atoms with Crippen molar-refractivity contribution in [2.24, 2.45) is 0 Å². The molecule has 0 atom stereocenters. The average Bonchev–Trinajstić information content (AvgIpc) is 3.35. The molecule has 1 heterocycles. The summed E-state index contributed by atoms with van der Waals surface area (Å²) in [6.45, 7) is 1.24. The molecule has 3 aromatic rings. The molecule has 0 aliphatic heterocycles. The van der Waals surface area contributed by atoms with Crippen molar-refractivity contribution < 1.29 is 18.7 Å². The van der Waals surface area contributed by atoms with Crippen LogP contribution in [0.1, 0.15) is 22.5 Å². The van der Waals surface area contributed by atoms with Gasteiger partial charge in [-0.1, -0.05) is 18.2 Å². The number of hydrogen-bond acceptors (Lipinski definition) is 5. The quantitative estimate of drug-likeness (QED) is 0.376. The lowest BCUT2D eigenvalue weighted by atomic mass is 10.2. The highest BCUT2D eigenvalue weighted by atomic mass is 16.5. The van der Waals surface area contributed by atoms with Crippen LogP contribution in [0, 0.1) is 0 Å². The Labute approximate surface area is 187 Å². The first-order chi connectivity index (χ1) is 15.6. The van der Waals surface area contributed by atoms with Crippen LogP contribution in [-0.2, 0) is 4.79 Å². The molecule has 0 radical (unpaired) electrons. The van der Waals surface area contributed by atoms with Gasteiger partial charge in [0.2, 0.25) is 0 Å². The third-order valence-corrected chi connectivity index (χ3v) is 4.83. The summed E-state index contributed by atoms with van der Waals surface area (Å²) >= 11 is 0. The van der Waals surface area contributed by atoms with Crippen molar-refractivity contribution in [3.8, 4) is 5.75 Å². The van der Waals surface area contributed by atoms with Gasteiger partial charge >= 0.3 is 0 Å². The maximum atomic E-state index is 12.8. The molecule has 0 aliphatic rings. The Morgan fingerprint density at radius 3 is 2.44 bits per heavy atom. The first kappa shape index (κ1) is 22.7. The second-order valence-electron chi connectivity index (χ2n) is 7.12. The van der Waals surface area contributed by atoms with E-state index in [1.807, 2.05) is 37.4 Å². The zero-order chi connectivity index (χ0) is 22.8. The zero-order valence-electron chi connectivity index (χ0n) is 18.2. The summed E-state index contributed by atoms with van der Waals surface area (Å²) in [5.41, 5.74) is 1.63. The lowest BCUT2D eigenvalue weighted by Gasteiger charge is -2.19. The summed E-state index contributed by atoms with van der Waals surface area (Å²) in [4.78, 5) is 27.6. The summed E-state index contributed by atoms with van der Waals surface area (Å²) in [6.07, 6.45) is 3.76. The lowest BCUT2D eigenvalue weighted by molar-refractivity contribution is -0.117. The number of rotatable bonds is 10. The van der Waals surface area contributed by atoms with Gasteiger partial charge in [0.25, 0.3) is 11.8 Å². The van der Waals surface area contributed by atoms with E-state index in [2.05, 4.69) is 15.5 Å². The number of ether oxygens (including phenoxy) is 1. The Morgan fingerprint density at radius 2 is 1.78 bits per heavy atom. The minimum atomic E-state index is -0.399. The monoisotopic (exact) mass is 433 g/mol. The molecule has 2 aromatic carbocycles. The van der Waals surface area contributed by atoms with Gasteiger partial charge < -0.3 is 24.7 Å². The summed E-state index contributed by atoms with van der Waals surface area (Å²) < 4.78 is 10.4. The second-order valence-corrected chi connectivity index (χ2v) is 7.12. The highest BCUT2D eigenvalue weighted by molar-refractivity contribution is 6.05. The Bertz CT molecular complexity index is 1030. The summed E-state index contributed by atoms with van der Waals surface area (Å²) in [5, 5.41) is 5.55. The van der Waals surface area contributed by atoms with Crippen molar-refractivity contribution in [2.75, 3.05) is 32.1 Å². The van der Waals surface area contributed by atoms with E-state index in [0.717, 1.165) is 18.7 Å². The van der Waals surface area contributed by atoms with Crippen LogP contribution in [0.25, 0.3) is 6.08 Å². The van der Waals surface area contributed by atoms with E-state index in [-0.39, 0.29) is 11.6 Å². The highest BCUT2D eigenvalue weighted by Crippen LogP contribution is 2.13. The van der Waals surface area contributed by atoms with Crippen LogP contribution in [0.15, 0.2) is 83.1 Å². The first-order valence-electron chi connectivity index (χ1n) is 10.3. The van der Waals surface area contributed by atoms with Crippen molar-refractivity contribution in [1.82, 2.24) is 10.6 Å². The fourth-order valence-electron chi connectivity index (χ4n) is 3.04. The van der Waals surface area contributed by atoms with Crippen LogP contribution in [-0.4, -0.2) is 39.1 Å². The number of furan rings is 1. The van der Waals surface area contributed by atoms with Crippen molar-refractivity contribution in [1.29, 1.82) is 0 Å². The summed E-state index contributed by atoms with van der Waals surface area (Å²) in [5.74, 6) is 0.329. The third-order valence-electron chi connectivity index (χ3n) is 4.83. The van der Waals surface area contributed by atoms with Gasteiger partial charge in [-0.2, -0.15) is 0 Å². The van der Waals surface area contributed by atoms with E-state index in [1.165, 1.54) is 12.3 Å². The number of nitrogens with one attached hydrogen (secondary N) is 2. The number of carbonyl (C=O) groups is 2. The molecule has 0 bridgehead atoms. The Balaban J connectivity index is 1.59. The van der Waals surface area contributed by atoms with Crippen LogP contribution in [0.2, 0.25) is 0 Å². The Morgan fingerprint density at radius 1 is 1.03 bits per heavy atom. The van der Waals surface area contributed by atoms with Gasteiger partial charge in [-0.3, -0.25) is 9.59 Å². The lowest BCUT2D eigenvalue weighted by Crippen LogP contribution is -2.36. The smallest absolute Gasteiger partial charge is 0.267 e. The van der Waals surface area contributed by atoms with E-state index in [9.17, 15) is 9.59 Å². The molecule has 7 nitrogen and oxygen atoms in total. The maximum absolute atomic E-state index is 12.8. The van der Waals surface area contributed by atoms with Crippen LogP contribution >= 0.6 is 0 Å². The second kappa shape index (κ2) is 11.4. The predicted octanol–water partition coefficient (Wildman–Crippen LogP) is 3.70. The number of hydrogen-bond donors (Lipinski definition) is 2. The van der Waals surface area contributed by atoms with Crippen LogP contribution in [0.4, 0.5) is 5.69 Å². The van der Waals surface area contributed by atoms with Crippen LogP contribution in [0.3, 0.4) is 0 Å². The van der Waals surface area contributed by atoms with Gasteiger partial charge in [-0.05, 0) is 55.0 Å². The molecule has 0 aliphatic carbocycles. The number of benzene rings is 2. The number of amides is 2. The van der Waals surface area contributed by atoms with E-state index < -0.39 is 5.91 Å². The molecule has 2 amide bonds. The summed E-state index contributed by atoms with van der Waals surface area (Å²) in [6, 6.07) is 20.1. The highest BCUT2D eigenvalue weighted by Gasteiger charge is 2.15. The summed E-state index contributed by atoms with van der Waals surface area (Å²) in [7, 11) is 3.57. The van der Waals surface area contributed by atoms with Gasteiger partial charge in [-0.15, -0.1) is 0 Å². The third kappa shape index (κ3) is 6.50. The number of carbonyl (C=O) groups excluding carboxylic acids is 2.